The van der Waals surface area contributed by atoms with Crippen LogP contribution in [0, 0.1) is 0 Å². The fraction of sp³-hybridized carbons (Fsp3) is 0.333. The Labute approximate surface area is 78.0 Å². The monoisotopic (exact) mass is 178 g/mol. The van der Waals surface area contributed by atoms with Crippen molar-refractivity contribution in [2.75, 3.05) is 14.1 Å². The zero-order chi connectivity index (χ0) is 9.59. The van der Waals surface area contributed by atoms with Gasteiger partial charge in [-0.15, -0.1) is 0 Å². The lowest BCUT2D eigenvalue weighted by Crippen LogP contribution is -2.29. The molecule has 0 fully saturated rings. The molecule has 4 heteroatoms. The fourth-order valence-electron chi connectivity index (χ4n) is 1.75. The van der Waals surface area contributed by atoms with Gasteiger partial charge in [0, 0.05) is 20.3 Å². The van der Waals surface area contributed by atoms with E-state index in [1.165, 1.54) is 5.57 Å². The first-order chi connectivity index (χ1) is 6.09. The van der Waals surface area contributed by atoms with Gasteiger partial charge in [-0.25, -0.2) is 0 Å². The van der Waals surface area contributed by atoms with Gasteiger partial charge in [-0.2, -0.15) is 0 Å². The van der Waals surface area contributed by atoms with Gasteiger partial charge in [-0.3, -0.25) is 10.4 Å². The third-order valence-electron chi connectivity index (χ3n) is 2.26. The lowest BCUT2D eigenvalue weighted by atomic mass is 10.1. The van der Waals surface area contributed by atoms with E-state index in [0.29, 0.717) is 5.82 Å². The third kappa shape index (κ3) is 1.06. The largest absolute Gasteiger partial charge is 0.382 e. The molecule has 0 aromatic heterocycles. The minimum absolute atomic E-state index is 0.708. The number of fused-ring (bicyclic) bond motifs is 1. The van der Waals surface area contributed by atoms with E-state index in [9.17, 15) is 0 Å². The molecule has 0 aromatic carbocycles. The Morgan fingerprint density at radius 1 is 1.38 bits per heavy atom. The van der Waals surface area contributed by atoms with Crippen molar-refractivity contribution in [2.45, 2.75) is 6.92 Å². The van der Waals surface area contributed by atoms with Crippen molar-refractivity contribution in [2.24, 2.45) is 5.73 Å². The highest BCUT2D eigenvalue weighted by Crippen LogP contribution is 2.28. The van der Waals surface area contributed by atoms with Crippen LogP contribution in [0.25, 0.3) is 0 Å². The van der Waals surface area contributed by atoms with Crippen LogP contribution in [0.3, 0.4) is 0 Å². The predicted molar refractivity (Wildman–Crippen MR) is 51.7 cm³/mol. The van der Waals surface area contributed by atoms with Gasteiger partial charge in [0.2, 0.25) is 0 Å². The molecule has 0 radical (unpaired) electrons. The summed E-state index contributed by atoms with van der Waals surface area (Å²) in [6.07, 6.45) is 4.18. The number of allylic oxidation sites excluding steroid dienone is 2. The number of nitrogens with one attached hydrogen (secondary N) is 1. The van der Waals surface area contributed by atoms with Crippen molar-refractivity contribution < 1.29 is 0 Å². The van der Waals surface area contributed by atoms with Crippen molar-refractivity contribution in [1.82, 2.24) is 15.3 Å². The number of nitrogens with zero attached hydrogens (tertiary/aromatic N) is 2. The second kappa shape index (κ2) is 2.45. The normalized spacial score (nSPS) is 21.2. The molecular formula is C9H14N4. The van der Waals surface area contributed by atoms with Gasteiger partial charge < -0.3 is 10.6 Å². The first-order valence-electron chi connectivity index (χ1n) is 4.23. The first-order valence-corrected chi connectivity index (χ1v) is 4.23. The standard InChI is InChI=1S/C9H14N4/c1-6-4-7-8(12(2)5-6)9(10)11-13(7)3/h4-5,11H,10H2,1-3H3. The van der Waals surface area contributed by atoms with E-state index in [4.69, 9.17) is 5.73 Å². The molecule has 2 rings (SSSR count). The molecule has 0 aromatic rings. The van der Waals surface area contributed by atoms with Crippen molar-refractivity contribution in [3.63, 3.8) is 0 Å². The van der Waals surface area contributed by atoms with Crippen molar-refractivity contribution in [1.29, 1.82) is 0 Å². The van der Waals surface area contributed by atoms with Gasteiger partial charge in [-0.05, 0) is 18.6 Å². The molecule has 3 N–H and O–H groups in total. The maximum absolute atomic E-state index is 5.83. The average Bonchev–Trinajstić information content (AvgIpc) is 2.27. The second-order valence-electron chi connectivity index (χ2n) is 3.45. The van der Waals surface area contributed by atoms with Crippen LogP contribution in [0.4, 0.5) is 0 Å². The van der Waals surface area contributed by atoms with Crippen molar-refractivity contribution in [3.05, 3.63) is 35.1 Å². The molecule has 0 saturated carbocycles. The molecule has 0 spiro atoms. The van der Waals surface area contributed by atoms with Gasteiger partial charge in [0.15, 0.2) is 0 Å². The Bertz CT molecular complexity index is 338. The molecule has 13 heavy (non-hydrogen) atoms. The maximum Gasteiger partial charge on any atom is 0.142 e. The van der Waals surface area contributed by atoms with E-state index in [2.05, 4.69) is 24.6 Å². The minimum Gasteiger partial charge on any atom is -0.382 e. The van der Waals surface area contributed by atoms with E-state index < -0.39 is 0 Å². The molecule has 2 aliphatic heterocycles. The van der Waals surface area contributed by atoms with Crippen LogP contribution in [0.2, 0.25) is 0 Å². The van der Waals surface area contributed by atoms with Gasteiger partial charge in [-0.1, -0.05) is 0 Å². The Hall–Kier alpha value is -1.58. The molecule has 4 nitrogen and oxygen atoms in total. The molecule has 0 saturated heterocycles. The van der Waals surface area contributed by atoms with E-state index in [0.717, 1.165) is 11.4 Å². The summed E-state index contributed by atoms with van der Waals surface area (Å²) in [5, 5.41) is 1.93. The Balaban J connectivity index is 2.49. The number of nitrogens with two attached hydrogens (primary N) is 1. The van der Waals surface area contributed by atoms with E-state index in [-0.39, 0.29) is 0 Å². The zero-order valence-corrected chi connectivity index (χ0v) is 8.13. The Morgan fingerprint density at radius 2 is 2.08 bits per heavy atom. The summed E-state index contributed by atoms with van der Waals surface area (Å²) in [4.78, 5) is 2.04. The van der Waals surface area contributed by atoms with Gasteiger partial charge >= 0.3 is 0 Å². The van der Waals surface area contributed by atoms with Gasteiger partial charge in [0.25, 0.3) is 0 Å². The summed E-state index contributed by atoms with van der Waals surface area (Å²) in [7, 11) is 3.96. The molecule has 2 aliphatic rings. The van der Waals surface area contributed by atoms with E-state index in [1.807, 2.05) is 24.0 Å². The molecule has 0 amide bonds. The van der Waals surface area contributed by atoms with Gasteiger partial charge in [0.1, 0.15) is 11.5 Å². The summed E-state index contributed by atoms with van der Waals surface area (Å²) >= 11 is 0. The third-order valence-corrected chi connectivity index (χ3v) is 2.26. The second-order valence-corrected chi connectivity index (χ2v) is 3.45. The number of rotatable bonds is 0. The molecule has 70 valence electrons. The minimum atomic E-state index is 0.708. The summed E-state index contributed by atoms with van der Waals surface area (Å²) < 4.78 is 0. The van der Waals surface area contributed by atoms with Crippen LogP contribution in [0.1, 0.15) is 6.92 Å². The van der Waals surface area contributed by atoms with Gasteiger partial charge in [0.05, 0.1) is 5.70 Å². The lowest BCUT2D eigenvalue weighted by Gasteiger charge is -2.24. The lowest BCUT2D eigenvalue weighted by molar-refractivity contribution is 0.363. The van der Waals surface area contributed by atoms with Crippen LogP contribution in [0.15, 0.2) is 35.1 Å². The maximum atomic E-state index is 5.83. The predicted octanol–water partition coefficient (Wildman–Crippen LogP) is 0.297. The zero-order valence-electron chi connectivity index (χ0n) is 8.13. The molecule has 0 atom stereocenters. The highest BCUT2D eigenvalue weighted by Gasteiger charge is 2.26. The van der Waals surface area contributed by atoms with Crippen molar-refractivity contribution >= 4 is 0 Å². The van der Waals surface area contributed by atoms with Crippen LogP contribution < -0.4 is 11.2 Å². The van der Waals surface area contributed by atoms with Crippen LogP contribution in [0.5, 0.6) is 0 Å². The first kappa shape index (κ1) is 8.04. The topological polar surface area (TPSA) is 44.5 Å². The highest BCUT2D eigenvalue weighted by atomic mass is 15.6. The molecular weight excluding hydrogens is 164 g/mol. The van der Waals surface area contributed by atoms with E-state index >= 15 is 0 Å². The van der Waals surface area contributed by atoms with E-state index in [1.54, 1.807) is 0 Å². The smallest absolute Gasteiger partial charge is 0.142 e. The van der Waals surface area contributed by atoms with Crippen molar-refractivity contribution in [3.8, 4) is 0 Å². The molecule has 0 unspecified atom stereocenters. The van der Waals surface area contributed by atoms with Crippen LogP contribution >= 0.6 is 0 Å². The average molecular weight is 178 g/mol. The molecule has 2 heterocycles. The Morgan fingerprint density at radius 3 is 2.77 bits per heavy atom. The summed E-state index contributed by atoms with van der Waals surface area (Å²) in [5.74, 6) is 0.708. The fourth-order valence-corrected chi connectivity index (χ4v) is 1.75. The molecule has 0 aliphatic carbocycles. The molecule has 0 bridgehead atoms. The number of likely N-dealkylation sites (N-methyl/N-ethyl adjacent to an activating group) is 2. The highest BCUT2D eigenvalue weighted by molar-refractivity contribution is 5.44. The Kier molecular flexibility index (Phi) is 1.52. The number of hydrogen-bond acceptors (Lipinski definition) is 4. The quantitative estimate of drug-likeness (QED) is 0.560. The summed E-state index contributed by atoms with van der Waals surface area (Å²) in [6.45, 7) is 2.07. The number of hydrazine groups is 1. The summed E-state index contributed by atoms with van der Waals surface area (Å²) in [6, 6.07) is 0. The van der Waals surface area contributed by atoms with Crippen LogP contribution in [-0.2, 0) is 0 Å². The SMILES string of the molecule is CC1=CN(C)C2=C(N)NN(C)C2=C1. The summed E-state index contributed by atoms with van der Waals surface area (Å²) in [5.41, 5.74) is 12.3. The van der Waals surface area contributed by atoms with Crippen LogP contribution in [-0.4, -0.2) is 24.0 Å². The number of hydrogen-bond donors (Lipinski definition) is 2.